The van der Waals surface area contributed by atoms with E-state index >= 15 is 0 Å². The van der Waals surface area contributed by atoms with Crippen molar-refractivity contribution in [3.63, 3.8) is 0 Å². The molecule has 33 heavy (non-hydrogen) atoms. The molecule has 0 spiro atoms. The van der Waals surface area contributed by atoms with Crippen molar-refractivity contribution in [1.29, 1.82) is 0 Å². The predicted octanol–water partition coefficient (Wildman–Crippen LogP) is 2.92. The number of piperidine rings is 1. The lowest BCUT2D eigenvalue weighted by molar-refractivity contribution is -0.126. The largest absolute Gasteiger partial charge is 0.352 e. The number of hydrogen-bond donors (Lipinski definition) is 2. The third-order valence-electron chi connectivity index (χ3n) is 6.22. The first-order valence-electron chi connectivity index (χ1n) is 11.4. The SMILES string of the molecule is O=C(CN1CCC(C(=O)NCc2ccc(F)cc2)CC1)Nc1cccc(N2CCCC2=O)c1. The zero-order chi connectivity index (χ0) is 23.2. The Labute approximate surface area is 192 Å². The average Bonchev–Trinajstić information content (AvgIpc) is 3.25. The number of carbonyl (C=O) groups excluding carboxylic acids is 3. The number of amides is 3. The quantitative estimate of drug-likeness (QED) is 0.677. The second-order valence-electron chi connectivity index (χ2n) is 8.64. The molecule has 2 aliphatic rings. The van der Waals surface area contributed by atoms with Crippen LogP contribution in [0.5, 0.6) is 0 Å². The van der Waals surface area contributed by atoms with Crippen LogP contribution in [0.4, 0.5) is 15.8 Å². The number of nitrogens with zero attached hydrogens (tertiary/aromatic N) is 2. The summed E-state index contributed by atoms with van der Waals surface area (Å²) in [4.78, 5) is 40.8. The maximum Gasteiger partial charge on any atom is 0.238 e. The Balaban J connectivity index is 1.20. The van der Waals surface area contributed by atoms with Crippen LogP contribution in [0.1, 0.15) is 31.2 Å². The maximum absolute atomic E-state index is 13.0. The van der Waals surface area contributed by atoms with Gasteiger partial charge in [-0.1, -0.05) is 18.2 Å². The summed E-state index contributed by atoms with van der Waals surface area (Å²) in [5, 5.41) is 5.84. The number of carbonyl (C=O) groups is 3. The molecule has 8 heteroatoms. The molecule has 0 unspecified atom stereocenters. The van der Waals surface area contributed by atoms with Crippen LogP contribution in [-0.2, 0) is 20.9 Å². The number of halogens is 1. The molecule has 0 atom stereocenters. The van der Waals surface area contributed by atoms with Crippen LogP contribution < -0.4 is 15.5 Å². The van der Waals surface area contributed by atoms with Gasteiger partial charge in [-0.2, -0.15) is 0 Å². The van der Waals surface area contributed by atoms with Gasteiger partial charge < -0.3 is 15.5 Å². The van der Waals surface area contributed by atoms with E-state index in [-0.39, 0.29) is 36.0 Å². The number of benzene rings is 2. The van der Waals surface area contributed by atoms with E-state index in [0.29, 0.717) is 51.1 Å². The number of anilines is 2. The van der Waals surface area contributed by atoms with Gasteiger partial charge in [0.25, 0.3) is 0 Å². The minimum Gasteiger partial charge on any atom is -0.352 e. The monoisotopic (exact) mass is 452 g/mol. The van der Waals surface area contributed by atoms with E-state index in [9.17, 15) is 18.8 Å². The summed E-state index contributed by atoms with van der Waals surface area (Å²) >= 11 is 0. The minimum absolute atomic E-state index is 0.00305. The van der Waals surface area contributed by atoms with Crippen LogP contribution in [0.15, 0.2) is 48.5 Å². The summed E-state index contributed by atoms with van der Waals surface area (Å²) in [7, 11) is 0. The molecular formula is C25H29FN4O3. The summed E-state index contributed by atoms with van der Waals surface area (Å²) < 4.78 is 13.0. The molecule has 2 aromatic carbocycles. The van der Waals surface area contributed by atoms with Crippen LogP contribution in [0.3, 0.4) is 0 Å². The van der Waals surface area contributed by atoms with Crippen LogP contribution in [-0.4, -0.2) is 48.8 Å². The van der Waals surface area contributed by atoms with Crippen LogP contribution in [0.2, 0.25) is 0 Å². The van der Waals surface area contributed by atoms with Crippen molar-refractivity contribution < 1.29 is 18.8 Å². The van der Waals surface area contributed by atoms with E-state index in [1.54, 1.807) is 17.0 Å². The van der Waals surface area contributed by atoms with Crippen molar-refractivity contribution in [3.8, 4) is 0 Å². The van der Waals surface area contributed by atoms with Crippen molar-refractivity contribution in [2.75, 3.05) is 36.4 Å². The highest BCUT2D eigenvalue weighted by molar-refractivity contribution is 5.97. The predicted molar refractivity (Wildman–Crippen MR) is 124 cm³/mol. The van der Waals surface area contributed by atoms with Gasteiger partial charge in [0, 0.05) is 36.8 Å². The molecule has 174 valence electrons. The van der Waals surface area contributed by atoms with E-state index in [0.717, 1.165) is 17.7 Å². The molecule has 2 fully saturated rings. The Hall–Kier alpha value is -3.26. The van der Waals surface area contributed by atoms with E-state index in [1.165, 1.54) is 12.1 Å². The highest BCUT2D eigenvalue weighted by Gasteiger charge is 2.26. The van der Waals surface area contributed by atoms with Gasteiger partial charge in [-0.25, -0.2) is 4.39 Å². The number of rotatable bonds is 7. The maximum atomic E-state index is 13.0. The Morgan fingerprint density at radius 2 is 1.79 bits per heavy atom. The van der Waals surface area contributed by atoms with Crippen molar-refractivity contribution in [3.05, 3.63) is 59.9 Å². The molecule has 0 aromatic heterocycles. The van der Waals surface area contributed by atoms with Crippen LogP contribution in [0.25, 0.3) is 0 Å². The third kappa shape index (κ3) is 6.16. The van der Waals surface area contributed by atoms with E-state index < -0.39 is 0 Å². The normalized spacial score (nSPS) is 17.2. The molecule has 7 nitrogen and oxygen atoms in total. The van der Waals surface area contributed by atoms with Gasteiger partial charge in [0.15, 0.2) is 0 Å². The highest BCUT2D eigenvalue weighted by Crippen LogP contribution is 2.24. The molecule has 2 heterocycles. The molecular weight excluding hydrogens is 423 g/mol. The fourth-order valence-corrected chi connectivity index (χ4v) is 4.37. The second kappa shape index (κ2) is 10.6. The molecule has 0 radical (unpaired) electrons. The first kappa shape index (κ1) is 22.9. The summed E-state index contributed by atoms with van der Waals surface area (Å²) in [5.41, 5.74) is 2.34. The van der Waals surface area contributed by atoms with Crippen molar-refractivity contribution in [2.24, 2.45) is 5.92 Å². The number of likely N-dealkylation sites (tertiary alicyclic amines) is 1. The molecule has 0 saturated carbocycles. The van der Waals surface area contributed by atoms with E-state index in [1.807, 2.05) is 29.2 Å². The number of nitrogens with one attached hydrogen (secondary N) is 2. The first-order chi connectivity index (χ1) is 16.0. The van der Waals surface area contributed by atoms with Gasteiger partial charge in [-0.05, 0) is 68.2 Å². The Morgan fingerprint density at radius 3 is 2.48 bits per heavy atom. The van der Waals surface area contributed by atoms with Gasteiger partial charge in [0.2, 0.25) is 17.7 Å². The lowest BCUT2D eigenvalue weighted by atomic mass is 9.96. The summed E-state index contributed by atoms with van der Waals surface area (Å²) in [6.07, 6.45) is 2.80. The molecule has 2 aromatic rings. The van der Waals surface area contributed by atoms with E-state index in [4.69, 9.17) is 0 Å². The topological polar surface area (TPSA) is 81.8 Å². The van der Waals surface area contributed by atoms with Gasteiger partial charge in [-0.3, -0.25) is 19.3 Å². The lowest BCUT2D eigenvalue weighted by Gasteiger charge is -2.30. The smallest absolute Gasteiger partial charge is 0.238 e. The molecule has 2 N–H and O–H groups in total. The summed E-state index contributed by atoms with van der Waals surface area (Å²) in [5.74, 6) is -0.380. The molecule has 2 saturated heterocycles. The molecule has 4 rings (SSSR count). The Kier molecular flexibility index (Phi) is 7.34. The minimum atomic E-state index is -0.295. The Bertz CT molecular complexity index is 1000. The first-order valence-corrected chi connectivity index (χ1v) is 11.4. The highest BCUT2D eigenvalue weighted by atomic mass is 19.1. The lowest BCUT2D eigenvalue weighted by Crippen LogP contribution is -2.43. The van der Waals surface area contributed by atoms with E-state index in [2.05, 4.69) is 10.6 Å². The standard InChI is InChI=1S/C25H29FN4O3/c26-20-8-6-18(7-9-20)16-27-25(33)19-10-13-29(14-11-19)17-23(31)28-21-3-1-4-22(15-21)30-12-2-5-24(30)32/h1,3-4,6-9,15,19H,2,5,10-14,16-17H2,(H,27,33)(H,28,31). The van der Waals surface area contributed by atoms with Gasteiger partial charge in [0.1, 0.15) is 5.82 Å². The molecule has 2 aliphatic heterocycles. The summed E-state index contributed by atoms with van der Waals surface area (Å²) in [6, 6.07) is 13.5. The molecule has 0 bridgehead atoms. The van der Waals surface area contributed by atoms with Crippen molar-refractivity contribution >= 4 is 29.1 Å². The fraction of sp³-hybridized carbons (Fsp3) is 0.400. The van der Waals surface area contributed by atoms with Gasteiger partial charge in [-0.15, -0.1) is 0 Å². The second-order valence-corrected chi connectivity index (χ2v) is 8.64. The molecule has 0 aliphatic carbocycles. The van der Waals surface area contributed by atoms with Crippen molar-refractivity contribution in [1.82, 2.24) is 10.2 Å². The third-order valence-corrected chi connectivity index (χ3v) is 6.22. The fourth-order valence-electron chi connectivity index (χ4n) is 4.37. The average molecular weight is 453 g/mol. The van der Waals surface area contributed by atoms with Gasteiger partial charge >= 0.3 is 0 Å². The molecule has 3 amide bonds. The summed E-state index contributed by atoms with van der Waals surface area (Å²) in [6.45, 7) is 2.69. The van der Waals surface area contributed by atoms with Crippen LogP contribution in [0, 0.1) is 11.7 Å². The van der Waals surface area contributed by atoms with Crippen LogP contribution >= 0.6 is 0 Å². The Morgan fingerprint density at radius 1 is 1.03 bits per heavy atom. The van der Waals surface area contributed by atoms with Crippen molar-refractivity contribution in [2.45, 2.75) is 32.2 Å². The number of hydrogen-bond acceptors (Lipinski definition) is 4. The van der Waals surface area contributed by atoms with Gasteiger partial charge in [0.05, 0.1) is 6.54 Å². The zero-order valence-corrected chi connectivity index (χ0v) is 18.6. The zero-order valence-electron chi connectivity index (χ0n) is 18.6.